The molecule has 0 saturated carbocycles. The third-order valence-corrected chi connectivity index (χ3v) is 3.58. The maximum atomic E-state index is 5.20. The molecule has 0 aromatic carbocycles. The van der Waals surface area contributed by atoms with Crippen LogP contribution in [-0.2, 0) is 11.2 Å². The number of nitrogens with zero attached hydrogens (tertiary/aromatic N) is 1. The van der Waals surface area contributed by atoms with Crippen molar-refractivity contribution >= 4 is 11.3 Å². The highest BCUT2D eigenvalue weighted by molar-refractivity contribution is 7.09. The van der Waals surface area contributed by atoms with E-state index < -0.39 is 0 Å². The second kappa shape index (κ2) is 7.80. The van der Waals surface area contributed by atoms with Gasteiger partial charge < -0.3 is 10.1 Å². The van der Waals surface area contributed by atoms with Gasteiger partial charge >= 0.3 is 0 Å². The van der Waals surface area contributed by atoms with Crippen LogP contribution in [0.5, 0.6) is 0 Å². The molecule has 0 fully saturated rings. The molecule has 0 bridgehead atoms. The summed E-state index contributed by atoms with van der Waals surface area (Å²) in [6.45, 7) is 8.29. The number of likely N-dealkylation sites (N-methyl/N-ethyl adjacent to an activating group) is 1. The van der Waals surface area contributed by atoms with Crippen LogP contribution in [0, 0.1) is 12.8 Å². The molecule has 1 aromatic rings. The summed E-state index contributed by atoms with van der Waals surface area (Å²) in [4.78, 5) is 4.53. The van der Waals surface area contributed by atoms with E-state index in [1.54, 1.807) is 18.4 Å². The van der Waals surface area contributed by atoms with Crippen LogP contribution in [0.25, 0.3) is 0 Å². The summed E-state index contributed by atoms with van der Waals surface area (Å²) in [5.41, 5.74) is 1.21. The minimum atomic E-state index is 0.506. The fraction of sp³-hybridized carbons (Fsp3) is 0.769. The third kappa shape index (κ3) is 5.61. The molecule has 0 aliphatic carbocycles. The second-order valence-electron chi connectivity index (χ2n) is 4.61. The fourth-order valence-electron chi connectivity index (χ4n) is 2.12. The van der Waals surface area contributed by atoms with Crippen LogP contribution in [0.4, 0.5) is 0 Å². The lowest BCUT2D eigenvalue weighted by atomic mass is 9.99. The molecule has 0 aliphatic rings. The minimum absolute atomic E-state index is 0.506. The predicted molar refractivity (Wildman–Crippen MR) is 73.7 cm³/mol. The van der Waals surface area contributed by atoms with Crippen LogP contribution in [0.15, 0.2) is 5.38 Å². The van der Waals surface area contributed by atoms with Crippen molar-refractivity contribution in [2.75, 3.05) is 20.3 Å². The Morgan fingerprint density at radius 3 is 2.82 bits per heavy atom. The Labute approximate surface area is 109 Å². The Balaban J connectivity index is 2.47. The fourth-order valence-corrected chi connectivity index (χ4v) is 2.75. The molecule has 17 heavy (non-hydrogen) atoms. The van der Waals surface area contributed by atoms with Gasteiger partial charge in [0.05, 0.1) is 10.7 Å². The van der Waals surface area contributed by atoms with Gasteiger partial charge in [-0.1, -0.05) is 13.8 Å². The Morgan fingerprint density at radius 2 is 2.29 bits per heavy atom. The number of aryl methyl sites for hydroxylation is 1. The zero-order valence-electron chi connectivity index (χ0n) is 11.3. The van der Waals surface area contributed by atoms with E-state index in [-0.39, 0.29) is 0 Å². The van der Waals surface area contributed by atoms with E-state index in [1.807, 2.05) is 0 Å². The Morgan fingerprint density at radius 1 is 1.53 bits per heavy atom. The Bertz CT molecular complexity index is 314. The van der Waals surface area contributed by atoms with Gasteiger partial charge in [0.1, 0.15) is 0 Å². The van der Waals surface area contributed by atoms with Crippen molar-refractivity contribution in [2.45, 2.75) is 39.7 Å². The molecule has 1 aromatic heterocycles. The van der Waals surface area contributed by atoms with Gasteiger partial charge in [-0.15, -0.1) is 11.3 Å². The molecule has 4 heteroatoms. The third-order valence-electron chi connectivity index (χ3n) is 2.75. The maximum Gasteiger partial charge on any atom is 0.0897 e. The van der Waals surface area contributed by atoms with E-state index in [0.29, 0.717) is 12.0 Å². The number of hydrogen-bond donors (Lipinski definition) is 1. The number of thiazole rings is 1. The summed E-state index contributed by atoms with van der Waals surface area (Å²) in [5.74, 6) is 0.587. The van der Waals surface area contributed by atoms with Gasteiger partial charge in [0.15, 0.2) is 0 Å². The zero-order valence-corrected chi connectivity index (χ0v) is 12.1. The maximum absolute atomic E-state index is 5.20. The molecule has 0 aliphatic heterocycles. The van der Waals surface area contributed by atoms with Crippen molar-refractivity contribution in [1.29, 1.82) is 0 Å². The predicted octanol–water partition coefficient (Wildman–Crippen LogP) is 2.64. The molecule has 0 spiro atoms. The monoisotopic (exact) mass is 256 g/mol. The van der Waals surface area contributed by atoms with Crippen molar-refractivity contribution in [3.8, 4) is 0 Å². The Hall–Kier alpha value is -0.450. The zero-order chi connectivity index (χ0) is 12.7. The highest BCUT2D eigenvalue weighted by atomic mass is 32.1. The average Bonchev–Trinajstić information content (AvgIpc) is 2.64. The summed E-state index contributed by atoms with van der Waals surface area (Å²) in [7, 11) is 1.77. The largest absolute Gasteiger partial charge is 0.384 e. The van der Waals surface area contributed by atoms with E-state index in [4.69, 9.17) is 4.74 Å². The van der Waals surface area contributed by atoms with Crippen molar-refractivity contribution < 1.29 is 4.74 Å². The SMILES string of the molecule is CCNC(Cc1csc(C)n1)CC(C)COC. The Kier molecular flexibility index (Phi) is 6.70. The first-order valence-electron chi connectivity index (χ1n) is 6.29. The molecular weight excluding hydrogens is 232 g/mol. The summed E-state index contributed by atoms with van der Waals surface area (Å²) in [5, 5.41) is 6.86. The van der Waals surface area contributed by atoms with Crippen molar-refractivity contribution in [2.24, 2.45) is 5.92 Å². The second-order valence-corrected chi connectivity index (χ2v) is 5.68. The first-order valence-corrected chi connectivity index (χ1v) is 7.17. The number of methoxy groups -OCH3 is 1. The average molecular weight is 256 g/mol. The molecule has 0 saturated heterocycles. The molecule has 98 valence electrons. The van der Waals surface area contributed by atoms with Gasteiger partial charge in [-0.2, -0.15) is 0 Å². The molecule has 0 amide bonds. The molecule has 1 rings (SSSR count). The van der Waals surface area contributed by atoms with E-state index in [1.165, 1.54) is 5.69 Å². The molecule has 3 nitrogen and oxygen atoms in total. The highest BCUT2D eigenvalue weighted by Crippen LogP contribution is 2.14. The molecule has 1 heterocycles. The van der Waals surface area contributed by atoms with Gasteiger partial charge in [0.2, 0.25) is 0 Å². The normalized spacial score (nSPS) is 14.8. The molecular formula is C13H24N2OS. The van der Waals surface area contributed by atoms with Crippen LogP contribution < -0.4 is 5.32 Å². The number of aromatic nitrogens is 1. The first kappa shape index (κ1) is 14.6. The standard InChI is InChI=1S/C13H24N2OS/c1-5-14-12(6-10(2)8-16-4)7-13-9-17-11(3)15-13/h9-10,12,14H,5-8H2,1-4H3. The number of ether oxygens (including phenoxy) is 1. The van der Waals surface area contributed by atoms with Crippen molar-refractivity contribution in [3.63, 3.8) is 0 Å². The molecule has 1 N–H and O–H groups in total. The van der Waals surface area contributed by atoms with E-state index in [0.717, 1.165) is 31.0 Å². The van der Waals surface area contributed by atoms with Gasteiger partial charge in [-0.25, -0.2) is 4.98 Å². The smallest absolute Gasteiger partial charge is 0.0897 e. The molecule has 0 radical (unpaired) electrons. The molecule has 2 unspecified atom stereocenters. The van der Waals surface area contributed by atoms with Gasteiger partial charge in [0.25, 0.3) is 0 Å². The lowest BCUT2D eigenvalue weighted by Crippen LogP contribution is -2.33. The quantitative estimate of drug-likeness (QED) is 0.776. The summed E-state index contributed by atoms with van der Waals surface area (Å²) in [6, 6.07) is 0.506. The molecule has 2 atom stereocenters. The topological polar surface area (TPSA) is 34.2 Å². The summed E-state index contributed by atoms with van der Waals surface area (Å²) >= 11 is 1.73. The van der Waals surface area contributed by atoms with Crippen LogP contribution in [0.1, 0.15) is 31.0 Å². The van der Waals surface area contributed by atoms with Gasteiger partial charge in [-0.3, -0.25) is 0 Å². The van der Waals surface area contributed by atoms with Gasteiger partial charge in [0, 0.05) is 31.6 Å². The van der Waals surface area contributed by atoms with Crippen molar-refractivity contribution in [3.05, 3.63) is 16.1 Å². The lowest BCUT2D eigenvalue weighted by Gasteiger charge is -2.20. The summed E-state index contributed by atoms with van der Waals surface area (Å²) < 4.78 is 5.20. The van der Waals surface area contributed by atoms with Crippen LogP contribution >= 0.6 is 11.3 Å². The first-order chi connectivity index (χ1) is 8.15. The van der Waals surface area contributed by atoms with E-state index in [2.05, 4.69) is 36.5 Å². The van der Waals surface area contributed by atoms with Crippen molar-refractivity contribution in [1.82, 2.24) is 10.3 Å². The lowest BCUT2D eigenvalue weighted by molar-refractivity contribution is 0.149. The number of rotatable bonds is 8. The van der Waals surface area contributed by atoms with Crippen LogP contribution in [-0.4, -0.2) is 31.3 Å². The minimum Gasteiger partial charge on any atom is -0.384 e. The summed E-state index contributed by atoms with van der Waals surface area (Å²) in [6.07, 6.45) is 2.16. The van der Waals surface area contributed by atoms with Crippen LogP contribution in [0.2, 0.25) is 0 Å². The van der Waals surface area contributed by atoms with E-state index in [9.17, 15) is 0 Å². The van der Waals surface area contributed by atoms with Gasteiger partial charge in [-0.05, 0) is 25.8 Å². The van der Waals surface area contributed by atoms with Crippen LogP contribution in [0.3, 0.4) is 0 Å². The highest BCUT2D eigenvalue weighted by Gasteiger charge is 2.14. The number of nitrogens with one attached hydrogen (secondary N) is 1. The van der Waals surface area contributed by atoms with E-state index >= 15 is 0 Å². The number of hydrogen-bond acceptors (Lipinski definition) is 4.